The molecule has 2 heterocycles. The van der Waals surface area contributed by atoms with E-state index in [1.807, 2.05) is 17.7 Å². The van der Waals surface area contributed by atoms with Crippen molar-refractivity contribution in [3.63, 3.8) is 0 Å². The lowest BCUT2D eigenvalue weighted by molar-refractivity contribution is -0.120. The topological polar surface area (TPSA) is 38.1 Å². The summed E-state index contributed by atoms with van der Waals surface area (Å²) < 4.78 is 28.9. The van der Waals surface area contributed by atoms with Crippen LogP contribution in [-0.2, 0) is 4.79 Å². The molecule has 2 aliphatic rings. The van der Waals surface area contributed by atoms with Crippen molar-refractivity contribution in [3.8, 4) is 0 Å². The van der Waals surface area contributed by atoms with E-state index in [1.165, 1.54) is 12.1 Å². The maximum absolute atomic E-state index is 14.0. The Hall–Kier alpha value is -2.24. The van der Waals surface area contributed by atoms with Crippen LogP contribution in [0.1, 0.15) is 44.2 Å². The predicted octanol–water partition coefficient (Wildman–Crippen LogP) is 3.65. The predicted molar refractivity (Wildman–Crippen MR) is 85.7 cm³/mol. The molecule has 0 spiro atoms. The third-order valence-corrected chi connectivity index (χ3v) is 5.14. The lowest BCUT2D eigenvalue weighted by Crippen LogP contribution is -2.45. The second kappa shape index (κ2) is 5.40. The first-order chi connectivity index (χ1) is 11.5. The van der Waals surface area contributed by atoms with Gasteiger partial charge in [0.15, 0.2) is 0 Å². The third-order valence-electron chi connectivity index (χ3n) is 5.14. The number of rotatable bonds is 2. The monoisotopic (exact) mass is 331 g/mol. The van der Waals surface area contributed by atoms with Gasteiger partial charge in [0.2, 0.25) is 5.91 Å². The van der Waals surface area contributed by atoms with Crippen molar-refractivity contribution in [1.29, 1.82) is 0 Å². The first kappa shape index (κ1) is 15.3. The fourth-order valence-corrected chi connectivity index (χ4v) is 3.88. The van der Waals surface area contributed by atoms with Crippen molar-refractivity contribution in [3.05, 3.63) is 47.7 Å². The van der Waals surface area contributed by atoms with Gasteiger partial charge in [0.25, 0.3) is 0 Å². The number of nitrogens with zero attached hydrogens (tertiary/aromatic N) is 3. The summed E-state index contributed by atoms with van der Waals surface area (Å²) in [5.41, 5.74) is 0.432. The number of benzene rings is 1. The molecule has 1 aromatic carbocycles. The molecule has 1 aromatic heterocycles. The van der Waals surface area contributed by atoms with Gasteiger partial charge in [-0.15, -0.1) is 0 Å². The summed E-state index contributed by atoms with van der Waals surface area (Å²) in [6.07, 6.45) is 3.14. The largest absolute Gasteiger partial charge is 0.294 e. The van der Waals surface area contributed by atoms with Crippen LogP contribution in [0, 0.1) is 17.6 Å². The van der Waals surface area contributed by atoms with E-state index in [0.29, 0.717) is 12.0 Å². The molecule has 126 valence electrons. The zero-order valence-electron chi connectivity index (χ0n) is 13.6. The SMILES string of the molecule is C[C@@H]1C[C@@H](C)n2nccc2N1C(=O)[C@@H]1C[C@@H]1c1ccc(F)cc1F. The molecular formula is C18H19F2N3O. The highest BCUT2D eigenvalue weighted by molar-refractivity contribution is 5.97. The molecule has 4 atom stereocenters. The first-order valence-electron chi connectivity index (χ1n) is 8.29. The van der Waals surface area contributed by atoms with Crippen LogP contribution in [0.4, 0.5) is 14.6 Å². The van der Waals surface area contributed by atoms with Crippen molar-refractivity contribution in [1.82, 2.24) is 9.78 Å². The van der Waals surface area contributed by atoms with Gasteiger partial charge >= 0.3 is 0 Å². The molecule has 4 nitrogen and oxygen atoms in total. The lowest BCUT2D eigenvalue weighted by atomic mass is 10.0. The fraction of sp³-hybridized carbons (Fsp3) is 0.444. The highest BCUT2D eigenvalue weighted by Gasteiger charge is 2.49. The molecule has 0 N–H and O–H groups in total. The van der Waals surface area contributed by atoms with Crippen LogP contribution in [0.15, 0.2) is 30.5 Å². The molecule has 1 amide bonds. The molecule has 24 heavy (non-hydrogen) atoms. The van der Waals surface area contributed by atoms with Crippen molar-refractivity contribution in [2.45, 2.75) is 44.7 Å². The van der Waals surface area contributed by atoms with Crippen LogP contribution in [0.5, 0.6) is 0 Å². The van der Waals surface area contributed by atoms with Gasteiger partial charge < -0.3 is 0 Å². The van der Waals surface area contributed by atoms with E-state index in [-0.39, 0.29) is 29.8 Å². The van der Waals surface area contributed by atoms with E-state index in [2.05, 4.69) is 12.0 Å². The number of hydrogen-bond acceptors (Lipinski definition) is 2. The maximum Gasteiger partial charge on any atom is 0.232 e. The molecule has 4 rings (SSSR count). The summed E-state index contributed by atoms with van der Waals surface area (Å²) in [6, 6.07) is 5.76. The highest BCUT2D eigenvalue weighted by atomic mass is 19.1. The number of hydrogen-bond donors (Lipinski definition) is 0. The fourth-order valence-electron chi connectivity index (χ4n) is 3.88. The van der Waals surface area contributed by atoms with E-state index in [1.54, 1.807) is 11.1 Å². The molecule has 0 radical (unpaired) electrons. The normalized spacial score (nSPS) is 28.6. The second-order valence-corrected chi connectivity index (χ2v) is 6.89. The van der Waals surface area contributed by atoms with Gasteiger partial charge in [-0.2, -0.15) is 5.10 Å². The molecule has 1 aliphatic heterocycles. The smallest absolute Gasteiger partial charge is 0.232 e. The number of aromatic nitrogens is 2. The average molecular weight is 331 g/mol. The minimum atomic E-state index is -0.595. The van der Waals surface area contributed by atoms with Gasteiger partial charge in [-0.25, -0.2) is 13.5 Å². The van der Waals surface area contributed by atoms with E-state index in [0.717, 1.165) is 18.3 Å². The lowest BCUT2D eigenvalue weighted by Gasteiger charge is -2.37. The van der Waals surface area contributed by atoms with Gasteiger partial charge in [0.1, 0.15) is 17.5 Å². The van der Waals surface area contributed by atoms with Crippen LogP contribution in [-0.4, -0.2) is 21.7 Å². The van der Waals surface area contributed by atoms with Crippen LogP contribution >= 0.6 is 0 Å². The van der Waals surface area contributed by atoms with Gasteiger partial charge in [-0.1, -0.05) is 6.07 Å². The number of carbonyl (C=O) groups is 1. The molecular weight excluding hydrogens is 312 g/mol. The molecule has 1 saturated carbocycles. The summed E-state index contributed by atoms with van der Waals surface area (Å²) in [6.45, 7) is 4.11. The third kappa shape index (κ3) is 2.32. The Balaban J connectivity index is 1.59. The number of amides is 1. The number of fused-ring (bicyclic) bond motifs is 1. The number of anilines is 1. The summed E-state index contributed by atoms with van der Waals surface area (Å²) >= 11 is 0. The quantitative estimate of drug-likeness (QED) is 0.842. The first-order valence-corrected chi connectivity index (χ1v) is 8.29. The molecule has 0 unspecified atom stereocenters. The summed E-state index contributed by atoms with van der Waals surface area (Å²) in [4.78, 5) is 14.8. The molecule has 1 fully saturated rings. The van der Waals surface area contributed by atoms with E-state index in [4.69, 9.17) is 0 Å². The summed E-state index contributed by atoms with van der Waals surface area (Å²) in [5, 5.41) is 4.31. The maximum atomic E-state index is 14.0. The van der Waals surface area contributed by atoms with Crippen molar-refractivity contribution in [2.75, 3.05) is 4.90 Å². The van der Waals surface area contributed by atoms with Crippen LogP contribution < -0.4 is 4.90 Å². The van der Waals surface area contributed by atoms with Gasteiger partial charge in [-0.05, 0) is 44.2 Å². The Labute approximate surface area is 139 Å². The number of carbonyl (C=O) groups excluding carboxylic acids is 1. The van der Waals surface area contributed by atoms with Gasteiger partial charge in [0, 0.05) is 24.1 Å². The van der Waals surface area contributed by atoms with Crippen molar-refractivity contribution < 1.29 is 13.6 Å². The molecule has 1 aliphatic carbocycles. The second-order valence-electron chi connectivity index (χ2n) is 6.89. The Morgan fingerprint density at radius 3 is 2.71 bits per heavy atom. The summed E-state index contributed by atoms with van der Waals surface area (Å²) in [7, 11) is 0. The molecule has 0 saturated heterocycles. The standard InChI is InChI=1S/C18H19F2N3O/c1-10-7-11(2)23-17(5-6-21-23)22(10)18(24)15-9-14(15)13-4-3-12(19)8-16(13)20/h3-6,8,10-11,14-15H,7,9H2,1-2H3/t10-,11-,14-,15-/m1/s1. The van der Waals surface area contributed by atoms with Crippen molar-refractivity contribution >= 4 is 11.7 Å². The van der Waals surface area contributed by atoms with E-state index >= 15 is 0 Å². The molecule has 0 bridgehead atoms. The van der Waals surface area contributed by atoms with Crippen LogP contribution in [0.2, 0.25) is 0 Å². The Morgan fingerprint density at radius 1 is 1.17 bits per heavy atom. The van der Waals surface area contributed by atoms with Crippen molar-refractivity contribution in [2.24, 2.45) is 5.92 Å². The minimum absolute atomic E-state index is 0.00451. The van der Waals surface area contributed by atoms with Gasteiger partial charge in [-0.3, -0.25) is 9.69 Å². The number of halogens is 2. The van der Waals surface area contributed by atoms with Crippen LogP contribution in [0.3, 0.4) is 0 Å². The van der Waals surface area contributed by atoms with E-state index in [9.17, 15) is 13.6 Å². The molecule has 2 aromatic rings. The Bertz CT molecular complexity index is 803. The Morgan fingerprint density at radius 2 is 1.96 bits per heavy atom. The Kier molecular flexibility index (Phi) is 3.44. The minimum Gasteiger partial charge on any atom is -0.294 e. The zero-order chi connectivity index (χ0) is 17.0. The summed E-state index contributed by atoms with van der Waals surface area (Å²) in [5.74, 6) is -0.769. The zero-order valence-corrected chi connectivity index (χ0v) is 13.6. The van der Waals surface area contributed by atoms with E-state index < -0.39 is 11.6 Å². The van der Waals surface area contributed by atoms with Crippen LogP contribution in [0.25, 0.3) is 0 Å². The average Bonchev–Trinajstić information content (AvgIpc) is 3.15. The highest BCUT2D eigenvalue weighted by Crippen LogP contribution is 2.50. The molecule has 6 heteroatoms. The van der Waals surface area contributed by atoms with Gasteiger partial charge in [0.05, 0.1) is 12.2 Å².